The molecule has 1 aromatic carbocycles. The smallest absolute Gasteiger partial charge is 0.340 e. The van der Waals surface area contributed by atoms with E-state index in [1.807, 2.05) is 0 Å². The minimum Gasteiger partial charge on any atom is -0.452 e. The number of esters is 1. The Morgan fingerprint density at radius 2 is 2.05 bits per heavy atom. The number of nitrogen functional groups attached to an aromatic ring is 1. The van der Waals surface area contributed by atoms with Gasteiger partial charge < -0.3 is 20.5 Å². The van der Waals surface area contributed by atoms with Crippen molar-refractivity contribution in [1.82, 2.24) is 5.32 Å². The van der Waals surface area contributed by atoms with Crippen LogP contribution in [0.3, 0.4) is 0 Å². The van der Waals surface area contributed by atoms with Gasteiger partial charge in [0.25, 0.3) is 5.91 Å². The van der Waals surface area contributed by atoms with Crippen molar-refractivity contribution in [3.05, 3.63) is 27.7 Å². The first-order valence-corrected chi connectivity index (χ1v) is 6.88. The third-order valence-corrected chi connectivity index (χ3v) is 3.25. The lowest BCUT2D eigenvalue weighted by atomic mass is 10.2. The molecule has 0 aliphatic carbocycles. The summed E-state index contributed by atoms with van der Waals surface area (Å²) in [7, 11) is 1.57. The summed E-state index contributed by atoms with van der Waals surface area (Å²) in [5.41, 5.74) is 5.87. The first-order valence-electron chi connectivity index (χ1n) is 6.13. The van der Waals surface area contributed by atoms with Crippen LogP contribution in [0.4, 0.5) is 5.69 Å². The molecule has 0 atom stereocenters. The number of nitrogens with one attached hydrogen (secondary N) is 1. The van der Waals surface area contributed by atoms with Gasteiger partial charge in [-0.2, -0.15) is 0 Å². The van der Waals surface area contributed by atoms with Crippen molar-refractivity contribution in [1.29, 1.82) is 0 Å². The molecule has 0 aliphatic heterocycles. The van der Waals surface area contributed by atoms with E-state index in [-0.39, 0.29) is 21.3 Å². The molecule has 0 saturated carbocycles. The Kier molecular flexibility index (Phi) is 7.28. The van der Waals surface area contributed by atoms with Crippen LogP contribution in [-0.4, -0.2) is 38.7 Å². The van der Waals surface area contributed by atoms with Crippen LogP contribution in [0.5, 0.6) is 0 Å². The first kappa shape index (κ1) is 17.6. The average Bonchev–Trinajstić information content (AvgIpc) is 2.44. The predicted octanol–water partition coefficient (Wildman–Crippen LogP) is 1.89. The highest BCUT2D eigenvalue weighted by molar-refractivity contribution is 6.44. The zero-order valence-electron chi connectivity index (χ0n) is 11.4. The molecule has 21 heavy (non-hydrogen) atoms. The van der Waals surface area contributed by atoms with Gasteiger partial charge in [0.2, 0.25) is 0 Å². The number of benzene rings is 1. The number of anilines is 1. The van der Waals surface area contributed by atoms with Gasteiger partial charge in [-0.05, 0) is 18.6 Å². The van der Waals surface area contributed by atoms with E-state index in [4.69, 9.17) is 38.4 Å². The molecular weight excluding hydrogens is 319 g/mol. The van der Waals surface area contributed by atoms with Gasteiger partial charge in [-0.25, -0.2) is 4.79 Å². The molecule has 116 valence electrons. The summed E-state index contributed by atoms with van der Waals surface area (Å²) in [4.78, 5) is 23.3. The van der Waals surface area contributed by atoms with Crippen molar-refractivity contribution < 1.29 is 19.1 Å². The van der Waals surface area contributed by atoms with Crippen molar-refractivity contribution in [3.63, 3.8) is 0 Å². The predicted molar refractivity (Wildman–Crippen MR) is 80.7 cm³/mol. The Labute approximate surface area is 132 Å². The van der Waals surface area contributed by atoms with Gasteiger partial charge in [0.1, 0.15) is 0 Å². The zero-order valence-corrected chi connectivity index (χ0v) is 13.0. The highest BCUT2D eigenvalue weighted by Crippen LogP contribution is 2.29. The first-order chi connectivity index (χ1) is 9.95. The van der Waals surface area contributed by atoms with Gasteiger partial charge in [-0.1, -0.05) is 23.2 Å². The molecule has 1 amide bonds. The number of ether oxygens (including phenoxy) is 2. The maximum Gasteiger partial charge on any atom is 0.340 e. The molecule has 0 radical (unpaired) electrons. The second-order valence-electron chi connectivity index (χ2n) is 4.14. The van der Waals surface area contributed by atoms with Crippen LogP contribution in [0.2, 0.25) is 10.0 Å². The van der Waals surface area contributed by atoms with Crippen LogP contribution in [0.15, 0.2) is 12.1 Å². The van der Waals surface area contributed by atoms with Gasteiger partial charge in [-0.3, -0.25) is 4.79 Å². The van der Waals surface area contributed by atoms with Crippen LogP contribution in [0, 0.1) is 0 Å². The Morgan fingerprint density at radius 1 is 1.33 bits per heavy atom. The number of carbonyl (C=O) groups is 2. The number of carbonyl (C=O) groups excluding carboxylic acids is 2. The SMILES string of the molecule is COCCCNC(=O)COC(=O)c1cc(N)cc(Cl)c1Cl. The molecule has 1 aromatic rings. The molecule has 0 aliphatic rings. The molecule has 0 aromatic heterocycles. The van der Waals surface area contributed by atoms with Gasteiger partial charge in [0.05, 0.1) is 15.6 Å². The van der Waals surface area contributed by atoms with Crippen molar-refractivity contribution in [2.75, 3.05) is 32.6 Å². The normalized spacial score (nSPS) is 10.2. The second kappa shape index (κ2) is 8.71. The van der Waals surface area contributed by atoms with E-state index in [2.05, 4.69) is 5.32 Å². The summed E-state index contributed by atoms with van der Waals surface area (Å²) in [6.07, 6.45) is 0.673. The highest BCUT2D eigenvalue weighted by atomic mass is 35.5. The zero-order chi connectivity index (χ0) is 15.8. The third kappa shape index (κ3) is 5.79. The molecule has 6 nitrogen and oxygen atoms in total. The number of methoxy groups -OCH3 is 1. The highest BCUT2D eigenvalue weighted by Gasteiger charge is 2.16. The largest absolute Gasteiger partial charge is 0.452 e. The van der Waals surface area contributed by atoms with E-state index < -0.39 is 18.5 Å². The van der Waals surface area contributed by atoms with Gasteiger partial charge in [0.15, 0.2) is 6.61 Å². The Hall–Kier alpha value is -1.50. The quantitative estimate of drug-likeness (QED) is 0.451. The maximum absolute atomic E-state index is 11.8. The minimum absolute atomic E-state index is 0.0221. The van der Waals surface area contributed by atoms with Crippen LogP contribution < -0.4 is 11.1 Å². The third-order valence-electron chi connectivity index (χ3n) is 2.45. The lowest BCUT2D eigenvalue weighted by molar-refractivity contribution is -0.124. The maximum atomic E-state index is 11.8. The molecular formula is C13H16Cl2N2O4. The van der Waals surface area contributed by atoms with E-state index in [0.717, 1.165) is 0 Å². The lowest BCUT2D eigenvalue weighted by Gasteiger charge is -2.09. The molecule has 0 fully saturated rings. The number of hydrogen-bond donors (Lipinski definition) is 2. The van der Waals surface area contributed by atoms with E-state index in [0.29, 0.717) is 19.6 Å². The Balaban J connectivity index is 2.49. The Bertz CT molecular complexity index is 523. The fraction of sp³-hybridized carbons (Fsp3) is 0.385. The Morgan fingerprint density at radius 3 is 2.71 bits per heavy atom. The van der Waals surface area contributed by atoms with Crippen LogP contribution in [-0.2, 0) is 14.3 Å². The summed E-state index contributed by atoms with van der Waals surface area (Å²) in [6.45, 7) is 0.571. The van der Waals surface area contributed by atoms with Crippen LogP contribution in [0.25, 0.3) is 0 Å². The second-order valence-corrected chi connectivity index (χ2v) is 4.92. The van der Waals surface area contributed by atoms with Crippen molar-refractivity contribution in [3.8, 4) is 0 Å². The molecule has 3 N–H and O–H groups in total. The number of nitrogens with two attached hydrogens (primary N) is 1. The van der Waals surface area contributed by atoms with Gasteiger partial charge in [0, 0.05) is 25.9 Å². The van der Waals surface area contributed by atoms with Crippen molar-refractivity contribution in [2.24, 2.45) is 0 Å². The lowest BCUT2D eigenvalue weighted by Crippen LogP contribution is -2.30. The van der Waals surface area contributed by atoms with E-state index in [9.17, 15) is 9.59 Å². The molecule has 8 heteroatoms. The topological polar surface area (TPSA) is 90.6 Å². The van der Waals surface area contributed by atoms with Crippen molar-refractivity contribution in [2.45, 2.75) is 6.42 Å². The molecule has 0 spiro atoms. The fourth-order valence-electron chi connectivity index (χ4n) is 1.46. The van der Waals surface area contributed by atoms with Crippen molar-refractivity contribution >= 4 is 40.8 Å². The number of rotatable bonds is 7. The summed E-state index contributed by atoms with van der Waals surface area (Å²) in [5, 5.41) is 2.77. The molecule has 0 unspecified atom stereocenters. The van der Waals surface area contributed by atoms with Crippen LogP contribution in [0.1, 0.15) is 16.8 Å². The van der Waals surface area contributed by atoms with E-state index in [1.54, 1.807) is 7.11 Å². The molecule has 0 heterocycles. The number of amides is 1. The van der Waals surface area contributed by atoms with E-state index in [1.165, 1.54) is 12.1 Å². The average molecular weight is 335 g/mol. The van der Waals surface area contributed by atoms with Crippen LogP contribution >= 0.6 is 23.2 Å². The monoisotopic (exact) mass is 334 g/mol. The van der Waals surface area contributed by atoms with Gasteiger partial charge >= 0.3 is 5.97 Å². The molecule has 0 saturated heterocycles. The summed E-state index contributed by atoms with van der Waals surface area (Å²) in [6, 6.07) is 2.76. The summed E-state index contributed by atoms with van der Waals surface area (Å²) >= 11 is 11.7. The van der Waals surface area contributed by atoms with E-state index >= 15 is 0 Å². The summed E-state index contributed by atoms with van der Waals surface area (Å²) in [5.74, 6) is -1.17. The number of hydrogen-bond acceptors (Lipinski definition) is 5. The molecule has 0 bridgehead atoms. The fourth-order valence-corrected chi connectivity index (χ4v) is 1.88. The molecule has 1 rings (SSSR count). The number of halogens is 2. The standard InChI is InChI=1S/C13H16Cl2N2O4/c1-20-4-2-3-17-11(18)7-21-13(19)9-5-8(16)6-10(14)12(9)15/h5-6H,2-4,7,16H2,1H3,(H,17,18). The summed E-state index contributed by atoms with van der Waals surface area (Å²) < 4.78 is 9.70. The minimum atomic E-state index is -0.763. The van der Waals surface area contributed by atoms with Gasteiger partial charge in [-0.15, -0.1) is 0 Å².